The van der Waals surface area contributed by atoms with Gasteiger partial charge in [0, 0.05) is 49.1 Å². The summed E-state index contributed by atoms with van der Waals surface area (Å²) >= 11 is 0. The largest absolute Gasteiger partial charge is 0.416 e. The number of hydrogen-bond acceptors (Lipinski definition) is 6. The highest BCUT2D eigenvalue weighted by atomic mass is 19.4. The average Bonchev–Trinajstić information content (AvgIpc) is 2.95. The molecule has 1 aromatic heterocycles. The molecule has 0 amide bonds. The molecule has 1 fully saturated rings. The van der Waals surface area contributed by atoms with E-state index < -0.39 is 11.7 Å². The maximum absolute atomic E-state index is 13.5. The van der Waals surface area contributed by atoms with Crippen LogP contribution in [-0.4, -0.2) is 54.1 Å². The quantitative estimate of drug-likeness (QED) is 0.170. The number of rotatable bonds is 13. The molecule has 1 atom stereocenters. The molecule has 1 aliphatic heterocycles. The second-order valence-electron chi connectivity index (χ2n) is 11.2. The standard InChI is InChI=1S/C32H42F3N5O/c1-23-27(12-11-13-30(23)32(33,34)35)24(2)36-31-29-22-26(14-15-28(29)25(3)37-38-31)40-19-17-39(18-20-40)16-9-7-5-4-6-8-10-21-41/h11-15,21-22,24H,4-10,16-20H2,1-3H3,(H,36,38). The lowest BCUT2D eigenvalue weighted by Gasteiger charge is -2.36. The number of aromatic nitrogens is 2. The van der Waals surface area contributed by atoms with Crippen LogP contribution in [0.5, 0.6) is 0 Å². The van der Waals surface area contributed by atoms with Crippen LogP contribution in [0.15, 0.2) is 36.4 Å². The van der Waals surface area contributed by atoms with Crippen molar-refractivity contribution in [1.82, 2.24) is 15.1 Å². The highest BCUT2D eigenvalue weighted by Gasteiger charge is 2.33. The van der Waals surface area contributed by atoms with Gasteiger partial charge in [-0.3, -0.25) is 4.90 Å². The molecular weight excluding hydrogens is 527 g/mol. The summed E-state index contributed by atoms with van der Waals surface area (Å²) in [5.41, 5.74) is 2.12. The zero-order valence-electron chi connectivity index (χ0n) is 24.4. The third-order valence-electron chi connectivity index (χ3n) is 8.23. The van der Waals surface area contributed by atoms with E-state index in [1.54, 1.807) is 6.07 Å². The van der Waals surface area contributed by atoms with E-state index in [0.717, 1.165) is 80.1 Å². The summed E-state index contributed by atoms with van der Waals surface area (Å²) in [4.78, 5) is 15.3. The van der Waals surface area contributed by atoms with Crippen molar-refractivity contribution in [3.63, 3.8) is 0 Å². The van der Waals surface area contributed by atoms with Crippen molar-refractivity contribution in [2.45, 2.75) is 77.9 Å². The van der Waals surface area contributed by atoms with Gasteiger partial charge in [-0.1, -0.05) is 43.9 Å². The molecule has 6 nitrogen and oxygen atoms in total. The summed E-state index contributed by atoms with van der Waals surface area (Å²) < 4.78 is 40.5. The van der Waals surface area contributed by atoms with Gasteiger partial charge in [0.15, 0.2) is 5.82 Å². The van der Waals surface area contributed by atoms with Gasteiger partial charge in [0.1, 0.15) is 6.29 Å². The molecule has 1 saturated heterocycles. The van der Waals surface area contributed by atoms with Crippen molar-refractivity contribution in [1.29, 1.82) is 0 Å². The number of hydrogen-bond donors (Lipinski definition) is 1. The predicted molar refractivity (Wildman–Crippen MR) is 160 cm³/mol. The fourth-order valence-corrected chi connectivity index (χ4v) is 5.79. The molecule has 4 rings (SSSR count). The third-order valence-corrected chi connectivity index (χ3v) is 8.23. The number of halogens is 3. The van der Waals surface area contributed by atoms with Crippen molar-refractivity contribution < 1.29 is 18.0 Å². The zero-order valence-corrected chi connectivity index (χ0v) is 24.4. The Kier molecular flexibility index (Phi) is 10.6. The summed E-state index contributed by atoms with van der Waals surface area (Å²) in [7, 11) is 0. The number of alkyl halides is 3. The molecule has 0 bridgehead atoms. The second-order valence-corrected chi connectivity index (χ2v) is 11.2. The van der Waals surface area contributed by atoms with Gasteiger partial charge in [0.25, 0.3) is 0 Å². The van der Waals surface area contributed by atoms with Gasteiger partial charge in [-0.05, 0) is 69.5 Å². The number of unbranched alkanes of at least 4 members (excludes halogenated alkanes) is 6. The average molecular weight is 570 g/mol. The summed E-state index contributed by atoms with van der Waals surface area (Å²) in [5, 5.41) is 14.0. The zero-order chi connectivity index (χ0) is 29.4. The fourth-order valence-electron chi connectivity index (χ4n) is 5.79. The highest BCUT2D eigenvalue weighted by Crippen LogP contribution is 2.36. The number of anilines is 2. The molecule has 9 heteroatoms. The first-order chi connectivity index (χ1) is 19.7. The number of benzene rings is 2. The maximum Gasteiger partial charge on any atom is 0.416 e. The van der Waals surface area contributed by atoms with Crippen molar-refractivity contribution in [2.24, 2.45) is 0 Å². The molecule has 222 valence electrons. The maximum atomic E-state index is 13.5. The first kappa shape index (κ1) is 30.8. The third kappa shape index (κ3) is 7.97. The predicted octanol–water partition coefficient (Wildman–Crippen LogP) is 7.49. The smallest absolute Gasteiger partial charge is 0.369 e. The second kappa shape index (κ2) is 14.1. The van der Waals surface area contributed by atoms with Gasteiger partial charge in [0.05, 0.1) is 17.3 Å². The van der Waals surface area contributed by atoms with Gasteiger partial charge < -0.3 is 15.0 Å². The van der Waals surface area contributed by atoms with Crippen molar-refractivity contribution in [3.05, 3.63) is 58.8 Å². The van der Waals surface area contributed by atoms with E-state index in [1.165, 1.54) is 38.7 Å². The van der Waals surface area contributed by atoms with Crippen LogP contribution in [0.25, 0.3) is 10.8 Å². The number of aldehydes is 1. The van der Waals surface area contributed by atoms with Gasteiger partial charge in [-0.15, -0.1) is 5.10 Å². The van der Waals surface area contributed by atoms with E-state index in [1.807, 2.05) is 13.8 Å². The lowest BCUT2D eigenvalue weighted by atomic mass is 9.97. The van der Waals surface area contributed by atoms with Gasteiger partial charge >= 0.3 is 6.18 Å². The molecule has 0 spiro atoms. The minimum atomic E-state index is -4.40. The number of nitrogens with zero attached hydrogens (tertiary/aromatic N) is 4. The number of fused-ring (bicyclic) bond motifs is 1. The van der Waals surface area contributed by atoms with Crippen molar-refractivity contribution in [3.8, 4) is 0 Å². The Morgan fingerprint density at radius 2 is 1.63 bits per heavy atom. The lowest BCUT2D eigenvalue weighted by Crippen LogP contribution is -2.46. The van der Waals surface area contributed by atoms with Crippen LogP contribution in [0.3, 0.4) is 0 Å². The number of carbonyl (C=O) groups is 1. The Labute approximate surface area is 241 Å². The molecular formula is C32H42F3N5O. The van der Waals surface area contributed by atoms with E-state index in [4.69, 9.17) is 0 Å². The Bertz CT molecular complexity index is 1300. The van der Waals surface area contributed by atoms with Gasteiger partial charge in [-0.25, -0.2) is 0 Å². The molecule has 3 aromatic rings. The lowest BCUT2D eigenvalue weighted by molar-refractivity contribution is -0.138. The van der Waals surface area contributed by atoms with Crippen LogP contribution in [0.4, 0.5) is 24.7 Å². The molecule has 1 aliphatic rings. The van der Waals surface area contributed by atoms with Crippen molar-refractivity contribution in [2.75, 3.05) is 42.9 Å². The Hall–Kier alpha value is -3.20. The molecule has 0 aliphatic carbocycles. The number of nitrogens with one attached hydrogen (secondary N) is 1. The number of carbonyl (C=O) groups excluding carboxylic acids is 1. The van der Waals surface area contributed by atoms with Gasteiger partial charge in [-0.2, -0.15) is 18.3 Å². The summed E-state index contributed by atoms with van der Waals surface area (Å²) in [6.07, 6.45) is 4.35. The fraction of sp³-hybridized carbons (Fsp3) is 0.531. The Balaban J connectivity index is 1.39. The van der Waals surface area contributed by atoms with E-state index in [-0.39, 0.29) is 11.6 Å². The van der Waals surface area contributed by atoms with Crippen LogP contribution in [0.1, 0.15) is 80.3 Å². The Morgan fingerprint density at radius 1 is 0.927 bits per heavy atom. The topological polar surface area (TPSA) is 61.4 Å². The van der Waals surface area contributed by atoms with Crippen LogP contribution in [0, 0.1) is 13.8 Å². The molecule has 1 N–H and O–H groups in total. The van der Waals surface area contributed by atoms with Crippen LogP contribution >= 0.6 is 0 Å². The first-order valence-electron chi connectivity index (χ1n) is 14.8. The molecule has 2 heterocycles. The van der Waals surface area contributed by atoms with E-state index in [0.29, 0.717) is 17.8 Å². The number of aryl methyl sites for hydroxylation is 1. The Morgan fingerprint density at radius 3 is 2.34 bits per heavy atom. The summed E-state index contributed by atoms with van der Waals surface area (Å²) in [6.45, 7) is 10.3. The molecule has 0 saturated carbocycles. The normalized spacial score (nSPS) is 15.3. The van der Waals surface area contributed by atoms with Crippen LogP contribution in [-0.2, 0) is 11.0 Å². The molecule has 0 radical (unpaired) electrons. The number of piperazine rings is 1. The van der Waals surface area contributed by atoms with E-state index in [2.05, 4.69) is 43.5 Å². The highest BCUT2D eigenvalue weighted by molar-refractivity contribution is 5.95. The molecule has 1 unspecified atom stereocenters. The minimum Gasteiger partial charge on any atom is -0.369 e. The molecule has 41 heavy (non-hydrogen) atoms. The SMILES string of the molecule is Cc1c(C(C)Nc2nnc(C)c3ccc(N4CCN(CCCCCCCCC=O)CC4)cc23)cccc1C(F)(F)F. The van der Waals surface area contributed by atoms with Crippen LogP contribution < -0.4 is 10.2 Å². The van der Waals surface area contributed by atoms with Gasteiger partial charge in [0.2, 0.25) is 0 Å². The van der Waals surface area contributed by atoms with E-state index >= 15 is 0 Å². The van der Waals surface area contributed by atoms with Crippen molar-refractivity contribution >= 4 is 28.6 Å². The van der Waals surface area contributed by atoms with E-state index in [9.17, 15) is 18.0 Å². The monoisotopic (exact) mass is 569 g/mol. The first-order valence-corrected chi connectivity index (χ1v) is 14.8. The minimum absolute atomic E-state index is 0.220. The summed E-state index contributed by atoms with van der Waals surface area (Å²) in [6, 6.07) is 10.2. The van der Waals surface area contributed by atoms with Crippen LogP contribution in [0.2, 0.25) is 0 Å². The summed E-state index contributed by atoms with van der Waals surface area (Å²) in [5.74, 6) is 0.571. The molecule has 2 aromatic carbocycles.